The Morgan fingerprint density at radius 2 is 2.28 bits per heavy atom. The molecule has 1 fully saturated rings. The summed E-state index contributed by atoms with van der Waals surface area (Å²) >= 11 is 4.78. The average Bonchev–Trinajstić information content (AvgIpc) is 2.82. The molecule has 0 saturated carbocycles. The summed E-state index contributed by atoms with van der Waals surface area (Å²) in [5.74, 6) is -0.0281. The van der Waals surface area contributed by atoms with Gasteiger partial charge >= 0.3 is 0 Å². The molecule has 0 unspecified atom stereocenters. The van der Waals surface area contributed by atoms with Crippen LogP contribution < -0.4 is 10.6 Å². The first-order chi connectivity index (χ1) is 8.75. The Hall–Kier alpha value is -0.430. The number of ether oxygens (including phenoxy) is 1. The minimum Gasteiger partial charge on any atom is -0.376 e. The van der Waals surface area contributed by atoms with E-state index in [2.05, 4.69) is 26.6 Å². The number of thiophene rings is 1. The third-order valence-electron chi connectivity index (χ3n) is 2.82. The van der Waals surface area contributed by atoms with Gasteiger partial charge in [-0.3, -0.25) is 4.79 Å². The molecule has 0 aliphatic carbocycles. The number of piperidine rings is 1. The topological polar surface area (TPSA) is 50.4 Å². The first-order valence-electron chi connectivity index (χ1n) is 6.11. The predicted octanol–water partition coefficient (Wildman–Crippen LogP) is 2.01. The van der Waals surface area contributed by atoms with E-state index >= 15 is 0 Å². The number of carbonyl (C=O) groups is 1. The molecule has 0 atom stereocenters. The number of hydrogen-bond donors (Lipinski definition) is 2. The lowest BCUT2D eigenvalue weighted by atomic mass is 10.1. The Labute approximate surface area is 119 Å². The molecule has 0 radical (unpaired) electrons. The zero-order valence-corrected chi connectivity index (χ0v) is 12.5. The van der Waals surface area contributed by atoms with Crippen molar-refractivity contribution in [1.29, 1.82) is 0 Å². The summed E-state index contributed by atoms with van der Waals surface area (Å²) in [6.07, 6.45) is 2.47. The molecule has 2 heterocycles. The second-order valence-corrected chi connectivity index (χ2v) is 6.64. The second-order valence-electron chi connectivity index (χ2n) is 4.18. The first kappa shape index (κ1) is 14.0. The highest BCUT2D eigenvalue weighted by molar-refractivity contribution is 9.11. The maximum atomic E-state index is 11.7. The molecule has 6 heteroatoms. The lowest BCUT2D eigenvalue weighted by molar-refractivity contribution is 0.0343. The van der Waals surface area contributed by atoms with Crippen molar-refractivity contribution in [2.45, 2.75) is 18.9 Å². The number of hydrogen-bond acceptors (Lipinski definition) is 4. The quantitative estimate of drug-likeness (QED) is 0.811. The smallest absolute Gasteiger partial charge is 0.261 e. The molecular weight excluding hydrogens is 316 g/mol. The predicted molar refractivity (Wildman–Crippen MR) is 76.2 cm³/mol. The minimum absolute atomic E-state index is 0.0281. The van der Waals surface area contributed by atoms with Gasteiger partial charge in [-0.2, -0.15) is 0 Å². The molecule has 1 aliphatic heterocycles. The molecule has 2 rings (SSSR count). The Morgan fingerprint density at radius 1 is 1.50 bits per heavy atom. The van der Waals surface area contributed by atoms with Gasteiger partial charge in [-0.25, -0.2) is 0 Å². The van der Waals surface area contributed by atoms with Crippen LogP contribution in [-0.2, 0) is 4.74 Å². The van der Waals surface area contributed by atoms with Gasteiger partial charge in [-0.1, -0.05) is 0 Å². The minimum atomic E-state index is -0.0281. The van der Waals surface area contributed by atoms with E-state index in [1.165, 1.54) is 11.3 Å². The lowest BCUT2D eigenvalue weighted by Crippen LogP contribution is -2.34. The molecule has 1 aromatic rings. The van der Waals surface area contributed by atoms with Crippen molar-refractivity contribution in [3.63, 3.8) is 0 Å². The van der Waals surface area contributed by atoms with Crippen LogP contribution in [0.1, 0.15) is 22.5 Å². The fraction of sp³-hybridized carbons (Fsp3) is 0.583. The third-order valence-corrected chi connectivity index (χ3v) is 4.45. The van der Waals surface area contributed by atoms with Gasteiger partial charge in [-0.05, 0) is 54.0 Å². The van der Waals surface area contributed by atoms with E-state index < -0.39 is 0 Å². The fourth-order valence-electron chi connectivity index (χ4n) is 1.88. The van der Waals surface area contributed by atoms with Crippen LogP contribution in [0.25, 0.3) is 0 Å². The third kappa shape index (κ3) is 4.35. The highest BCUT2D eigenvalue weighted by Crippen LogP contribution is 2.21. The van der Waals surface area contributed by atoms with Crippen LogP contribution in [0.4, 0.5) is 0 Å². The van der Waals surface area contributed by atoms with Gasteiger partial charge in [0, 0.05) is 6.54 Å². The molecular formula is C12H17BrN2O2S. The summed E-state index contributed by atoms with van der Waals surface area (Å²) in [5.41, 5.74) is 0. The molecule has 1 amide bonds. The normalized spacial score (nSPS) is 16.7. The number of nitrogens with one attached hydrogen (secondary N) is 2. The lowest BCUT2D eigenvalue weighted by Gasteiger charge is -2.22. The van der Waals surface area contributed by atoms with Gasteiger partial charge in [0.15, 0.2) is 0 Å². The fourth-order valence-corrected chi connectivity index (χ4v) is 3.18. The largest absolute Gasteiger partial charge is 0.376 e. The van der Waals surface area contributed by atoms with Crippen molar-refractivity contribution in [3.05, 3.63) is 20.8 Å². The summed E-state index contributed by atoms with van der Waals surface area (Å²) in [4.78, 5) is 12.4. The van der Waals surface area contributed by atoms with E-state index in [4.69, 9.17) is 4.74 Å². The van der Waals surface area contributed by atoms with E-state index in [-0.39, 0.29) is 5.91 Å². The van der Waals surface area contributed by atoms with Crippen LogP contribution >= 0.6 is 27.3 Å². The van der Waals surface area contributed by atoms with Gasteiger partial charge < -0.3 is 15.4 Å². The molecule has 2 N–H and O–H groups in total. The van der Waals surface area contributed by atoms with E-state index in [9.17, 15) is 4.79 Å². The van der Waals surface area contributed by atoms with E-state index in [0.29, 0.717) is 19.3 Å². The van der Waals surface area contributed by atoms with Crippen molar-refractivity contribution in [1.82, 2.24) is 10.6 Å². The van der Waals surface area contributed by atoms with Gasteiger partial charge in [0.2, 0.25) is 0 Å². The first-order valence-corrected chi connectivity index (χ1v) is 7.72. The SMILES string of the molecule is O=C(NCCOC1CCNCC1)c1ccc(Br)s1. The second kappa shape index (κ2) is 7.23. The van der Waals surface area contributed by atoms with Gasteiger partial charge in [0.25, 0.3) is 5.91 Å². The number of carbonyl (C=O) groups excluding carboxylic acids is 1. The molecule has 1 saturated heterocycles. The van der Waals surface area contributed by atoms with Crippen LogP contribution in [0.3, 0.4) is 0 Å². The van der Waals surface area contributed by atoms with Gasteiger partial charge in [0.1, 0.15) is 0 Å². The zero-order chi connectivity index (χ0) is 12.8. The van der Waals surface area contributed by atoms with Crippen molar-refractivity contribution in [2.75, 3.05) is 26.2 Å². The average molecular weight is 333 g/mol. The van der Waals surface area contributed by atoms with E-state index in [1.54, 1.807) is 0 Å². The summed E-state index contributed by atoms with van der Waals surface area (Å²) in [7, 11) is 0. The summed E-state index contributed by atoms with van der Waals surface area (Å²) < 4.78 is 6.68. The summed E-state index contributed by atoms with van der Waals surface area (Å²) in [6.45, 7) is 3.21. The van der Waals surface area contributed by atoms with Crippen molar-refractivity contribution in [3.8, 4) is 0 Å². The monoisotopic (exact) mass is 332 g/mol. The van der Waals surface area contributed by atoms with Crippen LogP contribution in [0.15, 0.2) is 15.9 Å². The highest BCUT2D eigenvalue weighted by atomic mass is 79.9. The maximum Gasteiger partial charge on any atom is 0.261 e. The Morgan fingerprint density at radius 3 is 2.94 bits per heavy atom. The van der Waals surface area contributed by atoms with Crippen LogP contribution in [0.5, 0.6) is 0 Å². The number of amides is 1. The Balaban J connectivity index is 1.61. The van der Waals surface area contributed by atoms with Crippen LogP contribution in [0, 0.1) is 0 Å². The van der Waals surface area contributed by atoms with Gasteiger partial charge in [-0.15, -0.1) is 11.3 Å². The zero-order valence-electron chi connectivity index (χ0n) is 10.1. The van der Waals surface area contributed by atoms with Crippen molar-refractivity contribution >= 4 is 33.2 Å². The molecule has 18 heavy (non-hydrogen) atoms. The standard InChI is InChI=1S/C12H17BrN2O2S/c13-11-2-1-10(18-11)12(16)15-7-8-17-9-3-5-14-6-4-9/h1-2,9,14H,3-8H2,(H,15,16). The molecule has 0 aromatic carbocycles. The van der Waals surface area contributed by atoms with Gasteiger partial charge in [0.05, 0.1) is 21.4 Å². The van der Waals surface area contributed by atoms with Crippen molar-refractivity contribution in [2.24, 2.45) is 0 Å². The molecule has 0 bridgehead atoms. The van der Waals surface area contributed by atoms with E-state index in [0.717, 1.165) is 34.6 Å². The molecule has 1 aromatic heterocycles. The molecule has 0 spiro atoms. The molecule has 100 valence electrons. The Kier molecular flexibility index (Phi) is 5.62. The van der Waals surface area contributed by atoms with Crippen molar-refractivity contribution < 1.29 is 9.53 Å². The summed E-state index contributed by atoms with van der Waals surface area (Å²) in [6, 6.07) is 3.70. The molecule has 1 aliphatic rings. The van der Waals surface area contributed by atoms with E-state index in [1.807, 2.05) is 12.1 Å². The Bertz CT molecular complexity index is 391. The molecule has 4 nitrogen and oxygen atoms in total. The number of halogens is 1. The number of rotatable bonds is 5. The van der Waals surface area contributed by atoms with Crippen LogP contribution in [0.2, 0.25) is 0 Å². The summed E-state index contributed by atoms with van der Waals surface area (Å²) in [5, 5.41) is 6.16. The highest BCUT2D eigenvalue weighted by Gasteiger charge is 2.13. The van der Waals surface area contributed by atoms with Crippen LogP contribution in [-0.4, -0.2) is 38.3 Å². The maximum absolute atomic E-state index is 11.7.